The molecule has 0 unspecified atom stereocenters. The molecule has 0 bridgehead atoms. The van der Waals surface area contributed by atoms with Gasteiger partial charge in [-0.3, -0.25) is 0 Å². The van der Waals surface area contributed by atoms with Gasteiger partial charge < -0.3 is 0 Å². The van der Waals surface area contributed by atoms with E-state index in [2.05, 4.69) is 46.2 Å². The minimum absolute atomic E-state index is 0.898. The summed E-state index contributed by atoms with van der Waals surface area (Å²) in [5, 5.41) is 1.11. The van der Waals surface area contributed by atoms with Crippen LogP contribution in [0, 0.1) is 0 Å². The molecule has 0 atom stereocenters. The van der Waals surface area contributed by atoms with Crippen molar-refractivity contribution in [3.63, 3.8) is 0 Å². The van der Waals surface area contributed by atoms with Gasteiger partial charge in [-0.15, -0.1) is 0 Å². The van der Waals surface area contributed by atoms with E-state index in [0.29, 0.717) is 0 Å². The summed E-state index contributed by atoms with van der Waals surface area (Å²) in [5.74, 6) is 0. The van der Waals surface area contributed by atoms with Crippen molar-refractivity contribution >= 4 is 16.1 Å². The average Bonchev–Trinajstić information content (AvgIpc) is 1.81. The van der Waals surface area contributed by atoms with Gasteiger partial charge in [-0.05, 0) is 0 Å². The van der Waals surface area contributed by atoms with Crippen LogP contribution in [-0.2, 0) is 0 Å². The Hall–Kier alpha value is 0.434. The highest BCUT2D eigenvalue weighted by atomic mass is 28.4. The van der Waals surface area contributed by atoms with E-state index in [0.717, 1.165) is 5.16 Å². The highest BCUT2D eigenvalue weighted by Gasteiger charge is 2.36. The van der Waals surface area contributed by atoms with Crippen molar-refractivity contribution in [1.29, 1.82) is 0 Å². The molecule has 0 nitrogen and oxygen atoms in total. The summed E-state index contributed by atoms with van der Waals surface area (Å²) >= 11 is 0. The highest BCUT2D eigenvalue weighted by Crippen LogP contribution is 2.36. The Labute approximate surface area is 87.2 Å². The molecule has 0 rings (SSSR count). The van der Waals surface area contributed by atoms with Gasteiger partial charge >= 0.3 is 0 Å². The first kappa shape index (κ1) is 13.4. The van der Waals surface area contributed by atoms with Gasteiger partial charge in [0.1, 0.15) is 0 Å². The molecule has 0 aliphatic carbocycles. The van der Waals surface area contributed by atoms with Crippen LogP contribution in [0.25, 0.3) is 0 Å². The van der Waals surface area contributed by atoms with E-state index in [-0.39, 0.29) is 0 Å². The third-order valence-electron chi connectivity index (χ3n) is 2.94. The predicted octanol–water partition coefficient (Wildman–Crippen LogP) is 4.76. The lowest BCUT2D eigenvalue weighted by Gasteiger charge is -2.38. The maximum Gasteiger partial charge on any atom is 0.0447 e. The molecular weight excluding hydrogens is 188 g/mol. The third-order valence-corrected chi connectivity index (χ3v) is 12.9. The molecule has 0 aliphatic heterocycles. The molecule has 2 heteroatoms. The number of rotatable bonds is 5. The molecule has 0 heterocycles. The Morgan fingerprint density at radius 3 is 1.46 bits per heavy atom. The molecule has 0 saturated heterocycles. The molecule has 0 aromatic carbocycles. The molecule has 0 N–H and O–H groups in total. The van der Waals surface area contributed by atoms with Crippen LogP contribution in [0.3, 0.4) is 0 Å². The molecular formula is C11H28Si2. The SMILES string of the molecule is CCCCC([Si](C)(C)C)[Si](C)(C)C. The number of unbranched alkanes of at least 4 members (excludes halogenated alkanes) is 1. The summed E-state index contributed by atoms with van der Waals surface area (Å²) in [6.45, 7) is 17.6. The van der Waals surface area contributed by atoms with E-state index in [4.69, 9.17) is 0 Å². The van der Waals surface area contributed by atoms with Crippen LogP contribution < -0.4 is 0 Å². The summed E-state index contributed by atoms with van der Waals surface area (Å²) in [4.78, 5) is 0. The van der Waals surface area contributed by atoms with Crippen molar-refractivity contribution in [3.05, 3.63) is 0 Å². The van der Waals surface area contributed by atoms with E-state index in [1.165, 1.54) is 19.3 Å². The first-order valence-corrected chi connectivity index (χ1v) is 12.8. The quantitative estimate of drug-likeness (QED) is 0.581. The second-order valence-electron chi connectivity index (χ2n) is 6.43. The summed E-state index contributed by atoms with van der Waals surface area (Å²) in [7, 11) is -1.80. The van der Waals surface area contributed by atoms with Crippen molar-refractivity contribution in [2.75, 3.05) is 0 Å². The zero-order chi connectivity index (χ0) is 10.7. The maximum absolute atomic E-state index is 2.55. The molecule has 0 saturated carbocycles. The van der Waals surface area contributed by atoms with Gasteiger partial charge in [0.15, 0.2) is 0 Å². The van der Waals surface area contributed by atoms with E-state index in [1.807, 2.05) is 0 Å². The molecule has 0 aliphatic rings. The van der Waals surface area contributed by atoms with Crippen molar-refractivity contribution in [2.24, 2.45) is 0 Å². The zero-order valence-corrected chi connectivity index (χ0v) is 12.7. The first-order chi connectivity index (χ1) is 5.69. The lowest BCUT2D eigenvalue weighted by Crippen LogP contribution is -2.43. The minimum Gasteiger partial charge on any atom is -0.0696 e. The monoisotopic (exact) mass is 216 g/mol. The maximum atomic E-state index is 2.55. The third kappa shape index (κ3) is 5.01. The Kier molecular flexibility index (Phi) is 4.94. The number of hydrogen-bond acceptors (Lipinski definition) is 0. The number of hydrogen-bond donors (Lipinski definition) is 0. The molecule has 13 heavy (non-hydrogen) atoms. The summed E-state index contributed by atoms with van der Waals surface area (Å²) in [6.07, 6.45) is 4.31. The summed E-state index contributed by atoms with van der Waals surface area (Å²) in [6, 6.07) is 0. The second-order valence-corrected chi connectivity index (χ2v) is 17.9. The lowest BCUT2D eigenvalue weighted by atomic mass is 10.3. The molecule has 0 fully saturated rings. The van der Waals surface area contributed by atoms with Crippen LogP contribution in [-0.4, -0.2) is 16.1 Å². The highest BCUT2D eigenvalue weighted by molar-refractivity contribution is 6.96. The fraction of sp³-hybridized carbons (Fsp3) is 1.00. The van der Waals surface area contributed by atoms with Crippen molar-refractivity contribution in [3.8, 4) is 0 Å². The molecule has 0 amide bonds. The second kappa shape index (κ2) is 4.78. The predicted molar refractivity (Wildman–Crippen MR) is 70.0 cm³/mol. The van der Waals surface area contributed by atoms with E-state index < -0.39 is 16.1 Å². The van der Waals surface area contributed by atoms with E-state index in [9.17, 15) is 0 Å². The fourth-order valence-electron chi connectivity index (χ4n) is 2.57. The molecule has 0 aromatic rings. The Morgan fingerprint density at radius 2 is 1.23 bits per heavy atom. The van der Waals surface area contributed by atoms with Gasteiger partial charge in [-0.25, -0.2) is 0 Å². The Balaban J connectivity index is 4.39. The van der Waals surface area contributed by atoms with Crippen molar-refractivity contribution < 1.29 is 0 Å². The zero-order valence-electron chi connectivity index (χ0n) is 10.7. The summed E-state index contributed by atoms with van der Waals surface area (Å²) in [5.41, 5.74) is 0. The van der Waals surface area contributed by atoms with Crippen molar-refractivity contribution in [2.45, 2.75) is 70.6 Å². The minimum atomic E-state index is -0.898. The van der Waals surface area contributed by atoms with Crippen molar-refractivity contribution in [1.82, 2.24) is 0 Å². The van der Waals surface area contributed by atoms with Crippen LogP contribution in [0.1, 0.15) is 26.2 Å². The van der Waals surface area contributed by atoms with Crippen LogP contribution in [0.4, 0.5) is 0 Å². The van der Waals surface area contributed by atoms with Crippen LogP contribution in [0.5, 0.6) is 0 Å². The van der Waals surface area contributed by atoms with E-state index in [1.54, 1.807) is 0 Å². The largest absolute Gasteiger partial charge is 0.0696 e. The topological polar surface area (TPSA) is 0 Å². The van der Waals surface area contributed by atoms with Crippen LogP contribution in [0.2, 0.25) is 44.4 Å². The molecule has 0 aromatic heterocycles. The molecule has 80 valence electrons. The molecule has 0 radical (unpaired) electrons. The van der Waals surface area contributed by atoms with Gasteiger partial charge in [-0.2, -0.15) is 0 Å². The standard InChI is InChI=1S/C11H28Si2/c1-8-9-10-11(12(2,3)4)13(5,6)7/h11H,8-10H2,1-7H3. The van der Waals surface area contributed by atoms with E-state index >= 15 is 0 Å². The smallest absolute Gasteiger partial charge is 0.0447 e. The Morgan fingerprint density at radius 1 is 0.846 bits per heavy atom. The lowest BCUT2D eigenvalue weighted by molar-refractivity contribution is 0.730. The van der Waals surface area contributed by atoms with Gasteiger partial charge in [0.25, 0.3) is 0 Å². The van der Waals surface area contributed by atoms with Gasteiger partial charge in [-0.1, -0.05) is 70.6 Å². The van der Waals surface area contributed by atoms with Gasteiger partial charge in [0.2, 0.25) is 0 Å². The summed E-state index contributed by atoms with van der Waals surface area (Å²) < 4.78 is 0. The van der Waals surface area contributed by atoms with Gasteiger partial charge in [0, 0.05) is 16.1 Å². The first-order valence-electron chi connectivity index (χ1n) is 5.69. The molecule has 0 spiro atoms. The average molecular weight is 217 g/mol. The van der Waals surface area contributed by atoms with Crippen LogP contribution in [0.15, 0.2) is 0 Å². The van der Waals surface area contributed by atoms with Gasteiger partial charge in [0.05, 0.1) is 0 Å². The Bertz CT molecular complexity index is 125. The normalized spacial score (nSPS) is 13.8. The van der Waals surface area contributed by atoms with Crippen LogP contribution >= 0.6 is 0 Å². The fourth-order valence-corrected chi connectivity index (χ4v) is 15.1.